The smallest absolute Gasteiger partial charge is 0.269 e. The van der Waals surface area contributed by atoms with E-state index in [1.807, 2.05) is 0 Å². The van der Waals surface area contributed by atoms with Gasteiger partial charge in [-0.1, -0.05) is 0 Å². The van der Waals surface area contributed by atoms with E-state index in [1.165, 1.54) is 16.2 Å². The van der Waals surface area contributed by atoms with Crippen molar-refractivity contribution in [2.24, 2.45) is 0 Å². The highest BCUT2D eigenvalue weighted by atomic mass is 32.1. The Morgan fingerprint density at radius 2 is 2.24 bits per heavy atom. The number of amides is 1. The van der Waals surface area contributed by atoms with Crippen LogP contribution < -0.4 is 11.1 Å². The first kappa shape index (κ1) is 12.7. The van der Waals surface area contributed by atoms with Gasteiger partial charge in [-0.25, -0.2) is 4.98 Å². The van der Waals surface area contributed by atoms with Crippen LogP contribution in [0.2, 0.25) is 0 Å². The Morgan fingerprint density at radius 3 is 3.05 bits per heavy atom. The van der Waals surface area contributed by atoms with E-state index in [0.717, 1.165) is 30.3 Å². The van der Waals surface area contributed by atoms with Crippen molar-refractivity contribution < 1.29 is 4.79 Å². The number of rotatable bonds is 2. The van der Waals surface area contributed by atoms with Gasteiger partial charge in [0.1, 0.15) is 9.71 Å². The average molecular weight is 317 g/mol. The van der Waals surface area contributed by atoms with Crippen LogP contribution in [-0.2, 0) is 12.8 Å². The van der Waals surface area contributed by atoms with E-state index < -0.39 is 0 Å². The number of fused-ring (bicyclic) bond motifs is 2. The molecule has 106 valence electrons. The Bertz CT molecular complexity index is 832. The topological polar surface area (TPSA) is 93.8 Å². The van der Waals surface area contributed by atoms with E-state index >= 15 is 0 Å². The molecule has 0 bridgehead atoms. The van der Waals surface area contributed by atoms with Crippen molar-refractivity contribution >= 4 is 49.6 Å². The van der Waals surface area contributed by atoms with Crippen LogP contribution in [0.1, 0.15) is 26.7 Å². The number of aromatic nitrogens is 3. The third-order valence-electron chi connectivity index (χ3n) is 3.44. The number of thiophene rings is 1. The number of nitrogens with one attached hydrogen (secondary N) is 1. The van der Waals surface area contributed by atoms with Gasteiger partial charge in [0.15, 0.2) is 5.13 Å². The Kier molecular flexibility index (Phi) is 2.86. The molecule has 0 aromatic carbocycles. The van der Waals surface area contributed by atoms with Gasteiger partial charge in [0.05, 0.1) is 17.6 Å². The predicted molar refractivity (Wildman–Crippen MR) is 83.9 cm³/mol. The Morgan fingerprint density at radius 1 is 1.33 bits per heavy atom. The molecule has 0 radical (unpaired) electrons. The molecule has 3 N–H and O–H groups in total. The van der Waals surface area contributed by atoms with Crippen LogP contribution in [0.5, 0.6) is 0 Å². The second kappa shape index (κ2) is 4.74. The summed E-state index contributed by atoms with van der Waals surface area (Å²) in [5.74, 6) is -0.233. The van der Waals surface area contributed by atoms with Crippen molar-refractivity contribution in [2.45, 2.75) is 19.3 Å². The Labute approximate surface area is 128 Å². The molecule has 8 heteroatoms. The maximum absolute atomic E-state index is 12.4. The lowest BCUT2D eigenvalue weighted by molar-refractivity contribution is 0.103. The molecule has 4 rings (SSSR count). The summed E-state index contributed by atoms with van der Waals surface area (Å²) in [6.45, 7) is 0. The fourth-order valence-electron chi connectivity index (χ4n) is 2.44. The van der Waals surface area contributed by atoms with Crippen LogP contribution >= 0.6 is 22.7 Å². The molecule has 0 saturated carbocycles. The minimum atomic E-state index is -0.233. The summed E-state index contributed by atoms with van der Waals surface area (Å²) in [4.78, 5) is 19.2. The molecule has 3 heterocycles. The molecule has 1 amide bonds. The average Bonchev–Trinajstić information content (AvgIpc) is 3.13. The van der Waals surface area contributed by atoms with Gasteiger partial charge >= 0.3 is 0 Å². The number of nitrogens with two attached hydrogens (primary N) is 1. The summed E-state index contributed by atoms with van der Waals surface area (Å²) >= 11 is 2.80. The molecule has 1 aliphatic carbocycles. The van der Waals surface area contributed by atoms with Gasteiger partial charge in [-0.2, -0.15) is 5.10 Å². The van der Waals surface area contributed by atoms with E-state index in [-0.39, 0.29) is 5.91 Å². The molecule has 0 atom stereocenters. The number of anilines is 2. The van der Waals surface area contributed by atoms with Crippen LogP contribution in [0.25, 0.3) is 10.2 Å². The highest BCUT2D eigenvalue weighted by Gasteiger charge is 2.21. The lowest BCUT2D eigenvalue weighted by Gasteiger charge is -2.00. The monoisotopic (exact) mass is 317 g/mol. The SMILES string of the molecule is Nc1c(C(=O)Nc2nc3c(s2)CCC3)sc2nnccc12. The molecule has 0 spiro atoms. The fourth-order valence-corrected chi connectivity index (χ4v) is 4.42. The Balaban J connectivity index is 1.65. The Hall–Kier alpha value is -2.06. The molecular formula is C13H11N5OS2. The van der Waals surface area contributed by atoms with Crippen molar-refractivity contribution in [1.82, 2.24) is 15.2 Å². The van der Waals surface area contributed by atoms with Gasteiger partial charge in [-0.05, 0) is 25.3 Å². The van der Waals surface area contributed by atoms with Gasteiger partial charge in [-0.15, -0.1) is 27.8 Å². The highest BCUT2D eigenvalue weighted by Crippen LogP contribution is 2.34. The van der Waals surface area contributed by atoms with Crippen LogP contribution in [0, 0.1) is 0 Å². The van der Waals surface area contributed by atoms with Crippen molar-refractivity contribution in [3.63, 3.8) is 0 Å². The quantitative estimate of drug-likeness (QED) is 0.757. The third-order valence-corrected chi connectivity index (χ3v) is 5.62. The number of nitrogens with zero attached hydrogens (tertiary/aromatic N) is 3. The number of nitrogen functional groups attached to an aromatic ring is 1. The summed E-state index contributed by atoms with van der Waals surface area (Å²) in [6.07, 6.45) is 4.79. The minimum absolute atomic E-state index is 0.233. The van der Waals surface area contributed by atoms with E-state index in [4.69, 9.17) is 5.73 Å². The van der Waals surface area contributed by atoms with E-state index in [0.29, 0.717) is 20.5 Å². The molecule has 3 aromatic rings. The molecule has 1 aliphatic rings. The lowest BCUT2D eigenvalue weighted by Crippen LogP contribution is -2.11. The maximum Gasteiger partial charge on any atom is 0.269 e. The van der Waals surface area contributed by atoms with E-state index in [1.54, 1.807) is 23.6 Å². The van der Waals surface area contributed by atoms with Gasteiger partial charge in [0.2, 0.25) is 0 Å². The predicted octanol–water partition coefficient (Wildman–Crippen LogP) is 2.47. The molecule has 0 unspecified atom stereocenters. The molecular weight excluding hydrogens is 306 g/mol. The molecule has 0 saturated heterocycles. The highest BCUT2D eigenvalue weighted by molar-refractivity contribution is 7.21. The zero-order valence-corrected chi connectivity index (χ0v) is 12.6. The van der Waals surface area contributed by atoms with Crippen molar-refractivity contribution in [2.75, 3.05) is 11.1 Å². The molecule has 0 aliphatic heterocycles. The zero-order valence-electron chi connectivity index (χ0n) is 10.9. The third kappa shape index (κ3) is 2.07. The summed E-state index contributed by atoms with van der Waals surface area (Å²) in [5, 5.41) is 12.0. The van der Waals surface area contributed by atoms with Crippen LogP contribution in [-0.4, -0.2) is 21.1 Å². The maximum atomic E-state index is 12.4. The van der Waals surface area contributed by atoms with Crippen LogP contribution in [0.15, 0.2) is 12.3 Å². The van der Waals surface area contributed by atoms with Gasteiger partial charge < -0.3 is 5.73 Å². The van der Waals surface area contributed by atoms with Gasteiger partial charge in [0, 0.05) is 10.3 Å². The molecule has 0 fully saturated rings. The first-order valence-electron chi connectivity index (χ1n) is 6.52. The molecule has 21 heavy (non-hydrogen) atoms. The number of hydrogen-bond acceptors (Lipinski definition) is 7. The second-order valence-electron chi connectivity index (χ2n) is 4.79. The van der Waals surface area contributed by atoms with Crippen LogP contribution in [0.3, 0.4) is 0 Å². The second-order valence-corrected chi connectivity index (χ2v) is 6.87. The zero-order chi connectivity index (χ0) is 14.4. The largest absolute Gasteiger partial charge is 0.397 e. The summed E-state index contributed by atoms with van der Waals surface area (Å²) in [6, 6.07) is 1.77. The first-order valence-corrected chi connectivity index (χ1v) is 8.15. The van der Waals surface area contributed by atoms with Gasteiger partial charge in [0.25, 0.3) is 5.91 Å². The summed E-state index contributed by atoms with van der Waals surface area (Å²) in [7, 11) is 0. The van der Waals surface area contributed by atoms with Gasteiger partial charge in [-0.3, -0.25) is 10.1 Å². The minimum Gasteiger partial charge on any atom is -0.397 e. The fraction of sp³-hybridized carbons (Fsp3) is 0.231. The lowest BCUT2D eigenvalue weighted by atomic mass is 10.3. The van der Waals surface area contributed by atoms with Crippen molar-refractivity contribution in [3.8, 4) is 0 Å². The number of carbonyl (C=O) groups is 1. The van der Waals surface area contributed by atoms with E-state index in [9.17, 15) is 4.79 Å². The van der Waals surface area contributed by atoms with Crippen LogP contribution in [0.4, 0.5) is 10.8 Å². The number of carbonyl (C=O) groups excluding carboxylic acids is 1. The molecule has 3 aromatic heterocycles. The summed E-state index contributed by atoms with van der Waals surface area (Å²) < 4.78 is 0. The number of aryl methyl sites for hydroxylation is 2. The standard InChI is InChI=1S/C13H11N5OS2/c14-9-6-4-5-15-18-12(6)21-10(9)11(19)17-13-16-7-2-1-3-8(7)20-13/h4-5H,1-3,14H2,(H,16,17,19). The number of thiazole rings is 1. The molecule has 6 nitrogen and oxygen atoms in total. The van der Waals surface area contributed by atoms with Crippen molar-refractivity contribution in [1.29, 1.82) is 0 Å². The van der Waals surface area contributed by atoms with Crippen molar-refractivity contribution in [3.05, 3.63) is 27.7 Å². The normalized spacial score (nSPS) is 13.5. The summed E-state index contributed by atoms with van der Waals surface area (Å²) in [5.41, 5.74) is 7.60. The first-order chi connectivity index (χ1) is 10.2. The number of hydrogen-bond donors (Lipinski definition) is 2. The van der Waals surface area contributed by atoms with E-state index in [2.05, 4.69) is 20.5 Å².